The van der Waals surface area contributed by atoms with E-state index in [-0.39, 0.29) is 61.1 Å². The van der Waals surface area contributed by atoms with Gasteiger partial charge < -0.3 is 20.9 Å². The minimum absolute atomic E-state index is 0.0235. The van der Waals surface area contributed by atoms with Crippen molar-refractivity contribution in [1.29, 1.82) is 5.26 Å². The molecule has 0 radical (unpaired) electrons. The summed E-state index contributed by atoms with van der Waals surface area (Å²) in [5.41, 5.74) is 5.62. The van der Waals surface area contributed by atoms with Gasteiger partial charge in [-0.05, 0) is 59.9 Å². The molecule has 2 aliphatic rings. The Hall–Kier alpha value is -3.90. The second kappa shape index (κ2) is 12.0. The molecule has 3 aromatic heterocycles. The van der Waals surface area contributed by atoms with E-state index in [0.717, 1.165) is 42.4 Å². The average Bonchev–Trinajstić information content (AvgIpc) is 3.69. The monoisotopic (exact) mass is 743 g/mol. The van der Waals surface area contributed by atoms with Gasteiger partial charge in [-0.3, -0.25) is 4.90 Å². The molecule has 4 N–H and O–H groups in total. The van der Waals surface area contributed by atoms with Crippen LogP contribution in [0.15, 0.2) is 35.1 Å². The van der Waals surface area contributed by atoms with E-state index in [1.165, 1.54) is 6.07 Å². The number of hydrogen-bond donors (Lipinski definition) is 3. The molecular weight excluding hydrogens is 719 g/mol. The van der Waals surface area contributed by atoms with Gasteiger partial charge in [0.1, 0.15) is 51.4 Å². The predicted octanol–water partition coefficient (Wildman–Crippen LogP) is 7.89. The molecule has 2 aromatic carbocycles. The molecule has 7 rings (SSSR count). The topological polar surface area (TPSA) is 133 Å². The number of phenols is 1. The van der Waals surface area contributed by atoms with Crippen LogP contribution in [-0.4, -0.2) is 56.4 Å². The number of nitriles is 1. The molecule has 0 spiro atoms. The first-order chi connectivity index (χ1) is 22.5. The molecule has 0 saturated carbocycles. The third kappa shape index (κ3) is 5.20. The second-order valence-electron chi connectivity index (χ2n) is 11.8. The van der Waals surface area contributed by atoms with E-state index in [1.54, 1.807) is 12.3 Å². The van der Waals surface area contributed by atoms with Crippen LogP contribution in [0.3, 0.4) is 0 Å². The third-order valence-electron chi connectivity index (χ3n) is 9.02. The Labute approximate surface area is 284 Å². The zero-order valence-corrected chi connectivity index (χ0v) is 27.9. The van der Waals surface area contributed by atoms with Crippen LogP contribution in [-0.2, 0) is 0 Å². The number of benzene rings is 2. The first kappa shape index (κ1) is 31.7. The Bertz CT molecular complexity index is 2130. The zero-order valence-electron chi connectivity index (χ0n) is 24.8. The molecule has 0 aliphatic carbocycles. The number of thiophene rings is 1. The van der Waals surface area contributed by atoms with Gasteiger partial charge in [-0.25, -0.2) is 18.2 Å². The summed E-state index contributed by atoms with van der Waals surface area (Å²) in [7, 11) is 0. The lowest BCUT2D eigenvalue weighted by molar-refractivity contribution is 0.107. The maximum absolute atomic E-state index is 16.9. The highest BCUT2D eigenvalue weighted by atomic mass is 79.9. The van der Waals surface area contributed by atoms with Crippen molar-refractivity contribution in [3.8, 4) is 29.0 Å². The molecule has 15 heteroatoms. The Kier molecular flexibility index (Phi) is 8.07. The number of rotatable bonds is 7. The lowest BCUT2D eigenvalue weighted by Gasteiger charge is -2.31. The molecule has 0 bridgehead atoms. The van der Waals surface area contributed by atoms with E-state index in [2.05, 4.69) is 41.1 Å². The van der Waals surface area contributed by atoms with Crippen molar-refractivity contribution in [2.75, 3.05) is 30.7 Å². The first-order valence-electron chi connectivity index (χ1n) is 14.7. The SMILES string of the molecule is C[C@@H](Nc1nc(OC[C@@]23CCCN2C[C@H](F)C3)nc2c(F)c(-c3ccc(F)c4sc(N)c(C#N)c34)c(Cl)c(O)c12)c1cccnc1Br. The van der Waals surface area contributed by atoms with Crippen LogP contribution in [0, 0.1) is 23.0 Å². The summed E-state index contributed by atoms with van der Waals surface area (Å²) in [4.78, 5) is 15.3. The second-order valence-corrected chi connectivity index (χ2v) is 14.0. The van der Waals surface area contributed by atoms with Crippen molar-refractivity contribution >= 4 is 70.7 Å². The summed E-state index contributed by atoms with van der Waals surface area (Å²) < 4.78 is 53.0. The number of alkyl halides is 1. The van der Waals surface area contributed by atoms with E-state index in [4.69, 9.17) is 22.1 Å². The van der Waals surface area contributed by atoms with E-state index >= 15 is 4.39 Å². The number of phenolic OH excluding ortho intramolecular Hbond substituents is 1. The Morgan fingerprint density at radius 3 is 2.89 bits per heavy atom. The van der Waals surface area contributed by atoms with Gasteiger partial charge in [-0.2, -0.15) is 15.2 Å². The molecule has 242 valence electrons. The number of aromatic nitrogens is 3. The van der Waals surface area contributed by atoms with Gasteiger partial charge >= 0.3 is 6.01 Å². The van der Waals surface area contributed by atoms with Gasteiger partial charge in [0.15, 0.2) is 5.82 Å². The van der Waals surface area contributed by atoms with E-state index in [0.29, 0.717) is 17.6 Å². The maximum atomic E-state index is 16.9. The number of fused-ring (bicyclic) bond motifs is 3. The highest BCUT2D eigenvalue weighted by molar-refractivity contribution is 9.10. The number of aromatic hydroxyl groups is 1. The summed E-state index contributed by atoms with van der Waals surface area (Å²) in [6, 6.07) is 7.30. The fourth-order valence-corrected chi connectivity index (χ4v) is 8.65. The lowest BCUT2D eigenvalue weighted by Crippen LogP contribution is -2.43. The number of hydrogen-bond acceptors (Lipinski definition) is 10. The average molecular weight is 745 g/mol. The number of nitrogen functional groups attached to an aromatic ring is 1. The van der Waals surface area contributed by atoms with Gasteiger partial charge in [0.05, 0.1) is 32.3 Å². The number of anilines is 2. The summed E-state index contributed by atoms with van der Waals surface area (Å²) in [5, 5.41) is 24.2. The normalized spacial score (nSPS) is 20.1. The third-order valence-corrected chi connectivity index (χ3v) is 11.1. The van der Waals surface area contributed by atoms with Gasteiger partial charge in [-0.15, -0.1) is 11.3 Å². The highest BCUT2D eigenvalue weighted by Crippen LogP contribution is 2.50. The van der Waals surface area contributed by atoms with E-state index in [1.807, 2.05) is 19.1 Å². The summed E-state index contributed by atoms with van der Waals surface area (Å²) in [6.45, 7) is 2.98. The smallest absolute Gasteiger partial charge is 0.319 e. The number of nitrogens with one attached hydrogen (secondary N) is 1. The summed E-state index contributed by atoms with van der Waals surface area (Å²) in [6.07, 6.45) is 2.57. The minimum Gasteiger partial charge on any atom is -0.506 e. The van der Waals surface area contributed by atoms with Crippen molar-refractivity contribution in [1.82, 2.24) is 19.9 Å². The summed E-state index contributed by atoms with van der Waals surface area (Å²) >= 11 is 11.0. The molecule has 5 heterocycles. The highest BCUT2D eigenvalue weighted by Gasteiger charge is 2.49. The predicted molar refractivity (Wildman–Crippen MR) is 179 cm³/mol. The Morgan fingerprint density at radius 1 is 1.32 bits per heavy atom. The number of halogens is 5. The largest absolute Gasteiger partial charge is 0.506 e. The Morgan fingerprint density at radius 2 is 2.13 bits per heavy atom. The molecule has 0 unspecified atom stereocenters. The van der Waals surface area contributed by atoms with Crippen LogP contribution >= 0.6 is 38.9 Å². The molecule has 2 aliphatic heterocycles. The first-order valence-corrected chi connectivity index (χ1v) is 16.7. The maximum Gasteiger partial charge on any atom is 0.319 e. The molecule has 0 amide bonds. The van der Waals surface area contributed by atoms with Crippen molar-refractivity contribution in [3.05, 3.63) is 62.8 Å². The molecular formula is C32H26BrClF3N7O2S. The fraction of sp³-hybridized carbons (Fsp3) is 0.312. The van der Waals surface area contributed by atoms with E-state index < -0.39 is 40.2 Å². The summed E-state index contributed by atoms with van der Waals surface area (Å²) in [5.74, 6) is -2.12. The molecule has 3 atom stereocenters. The zero-order chi connectivity index (χ0) is 33.2. The number of pyridine rings is 1. The lowest BCUT2D eigenvalue weighted by atomic mass is 9.95. The van der Waals surface area contributed by atoms with Crippen LogP contribution in [0.2, 0.25) is 5.02 Å². The molecule has 2 fully saturated rings. The van der Waals surface area contributed by atoms with Crippen LogP contribution in [0.25, 0.3) is 32.1 Å². The van der Waals surface area contributed by atoms with Crippen molar-refractivity contribution in [2.45, 2.75) is 43.9 Å². The molecule has 2 saturated heterocycles. The van der Waals surface area contributed by atoms with Crippen molar-refractivity contribution in [2.24, 2.45) is 0 Å². The molecule has 5 aromatic rings. The Balaban J connectivity index is 1.42. The van der Waals surface area contributed by atoms with Gasteiger partial charge in [0, 0.05) is 35.7 Å². The van der Waals surface area contributed by atoms with Crippen LogP contribution in [0.4, 0.5) is 24.0 Å². The molecule has 47 heavy (non-hydrogen) atoms. The van der Waals surface area contributed by atoms with Crippen molar-refractivity contribution < 1.29 is 23.0 Å². The minimum atomic E-state index is -0.983. The molecule has 9 nitrogen and oxygen atoms in total. The van der Waals surface area contributed by atoms with Crippen LogP contribution in [0.5, 0.6) is 11.8 Å². The van der Waals surface area contributed by atoms with E-state index in [9.17, 15) is 19.1 Å². The number of ether oxygens (including phenoxy) is 1. The standard InChI is InChI=1S/C32H26BrClF3N7O2S/c1-14(16-4-2-8-40-28(16)33)41-30-22-25(42-31(43-30)46-13-32-7-3-9-44(32)12-15(35)10-32)24(37)21(23(34)26(22)45)17-5-6-19(36)27-20(17)18(11-38)29(39)47-27/h2,4-6,8,14-15,45H,3,7,9-10,12-13,39H2,1H3,(H,41,42,43)/t14-,15-,32+/m1/s1. The quantitative estimate of drug-likeness (QED) is 0.142. The fourth-order valence-electron chi connectivity index (χ4n) is 6.83. The van der Waals surface area contributed by atoms with Crippen LogP contribution in [0.1, 0.15) is 43.4 Å². The van der Waals surface area contributed by atoms with Gasteiger partial charge in [0.25, 0.3) is 0 Å². The van der Waals surface area contributed by atoms with Crippen LogP contribution < -0.4 is 15.8 Å². The van der Waals surface area contributed by atoms with Gasteiger partial charge in [-0.1, -0.05) is 23.7 Å². The number of nitrogens with zero attached hydrogens (tertiary/aromatic N) is 5. The van der Waals surface area contributed by atoms with Gasteiger partial charge in [0.2, 0.25) is 0 Å². The van der Waals surface area contributed by atoms with Crippen molar-refractivity contribution in [3.63, 3.8) is 0 Å². The number of nitrogens with two attached hydrogens (primary N) is 1.